The lowest BCUT2D eigenvalue weighted by Gasteiger charge is -2.37. The van der Waals surface area contributed by atoms with E-state index in [1.165, 1.54) is 24.4 Å². The number of rotatable bonds is 13. The summed E-state index contributed by atoms with van der Waals surface area (Å²) in [6.07, 6.45) is 3.13. The first-order valence-corrected chi connectivity index (χ1v) is 15.4. The highest BCUT2D eigenvalue weighted by molar-refractivity contribution is 6.01. The van der Waals surface area contributed by atoms with Gasteiger partial charge in [0.15, 0.2) is 5.78 Å². The molecule has 1 aliphatic heterocycles. The SMILES string of the molecule is CCCN(CCC)C(=O)c1cc(C)cc(C(=O)C[C@@H](Cc2cc(F)cc(F)c2)[C@H](O)[C@@H]2CCCN(C(=O)c3ccno3)C2)c1. The maximum atomic E-state index is 14.1. The monoisotopic (exact) mass is 609 g/mol. The summed E-state index contributed by atoms with van der Waals surface area (Å²) in [7, 11) is 0. The second kappa shape index (κ2) is 15.2. The van der Waals surface area contributed by atoms with E-state index in [1.807, 2.05) is 20.8 Å². The van der Waals surface area contributed by atoms with Gasteiger partial charge in [-0.25, -0.2) is 8.78 Å². The first kappa shape index (κ1) is 33.0. The Morgan fingerprint density at radius 1 is 1.05 bits per heavy atom. The van der Waals surface area contributed by atoms with E-state index < -0.39 is 23.7 Å². The Morgan fingerprint density at radius 3 is 2.36 bits per heavy atom. The van der Waals surface area contributed by atoms with Crippen molar-refractivity contribution >= 4 is 17.6 Å². The van der Waals surface area contributed by atoms with Crippen molar-refractivity contribution in [3.63, 3.8) is 0 Å². The maximum absolute atomic E-state index is 14.1. The van der Waals surface area contributed by atoms with Crippen molar-refractivity contribution < 1.29 is 32.8 Å². The number of carbonyl (C=O) groups is 3. The third-order valence-corrected chi connectivity index (χ3v) is 8.15. The minimum atomic E-state index is -1.05. The largest absolute Gasteiger partial charge is 0.392 e. The molecule has 4 rings (SSSR count). The minimum absolute atomic E-state index is 0.0481. The Hall–Kier alpha value is -3.92. The average molecular weight is 610 g/mol. The van der Waals surface area contributed by atoms with Crippen LogP contribution in [-0.4, -0.2) is 69.9 Å². The number of hydrogen-bond acceptors (Lipinski definition) is 6. The number of benzene rings is 2. The predicted molar refractivity (Wildman–Crippen MR) is 161 cm³/mol. The molecule has 44 heavy (non-hydrogen) atoms. The number of Topliss-reactive ketones (excluding diaryl/α,β-unsaturated/α-hetero) is 1. The zero-order valence-electron chi connectivity index (χ0n) is 25.6. The zero-order chi connectivity index (χ0) is 31.8. The maximum Gasteiger partial charge on any atom is 0.292 e. The zero-order valence-corrected chi connectivity index (χ0v) is 25.6. The first-order chi connectivity index (χ1) is 21.1. The van der Waals surface area contributed by atoms with Gasteiger partial charge in [-0.05, 0) is 86.4 Å². The standard InChI is InChI=1S/C34H41F2N3O5/c1-4-10-38(11-5-2)33(42)27-14-22(3)13-25(18-27)30(40)19-26(15-23-16-28(35)20-29(36)17-23)32(41)24-7-6-12-39(21-24)34(43)31-8-9-37-44-31/h8-9,13-14,16-18,20,24,26,32,41H,4-7,10-12,15,19,21H2,1-3H3/t24-,26-,32-/m1/s1. The molecule has 0 bridgehead atoms. The number of carbonyl (C=O) groups excluding carboxylic acids is 3. The number of piperidine rings is 1. The van der Waals surface area contributed by atoms with Gasteiger partial charge in [-0.3, -0.25) is 14.4 Å². The molecule has 2 aromatic carbocycles. The molecule has 0 unspecified atom stereocenters. The summed E-state index contributed by atoms with van der Waals surface area (Å²) in [6.45, 7) is 7.77. The van der Waals surface area contributed by atoms with E-state index in [1.54, 1.807) is 28.0 Å². The average Bonchev–Trinajstić information content (AvgIpc) is 3.54. The molecule has 0 aliphatic carbocycles. The number of aliphatic hydroxyl groups excluding tert-OH is 1. The van der Waals surface area contributed by atoms with E-state index >= 15 is 0 Å². The van der Waals surface area contributed by atoms with Crippen molar-refractivity contribution in [2.45, 2.75) is 65.4 Å². The normalized spacial score (nSPS) is 16.4. The minimum Gasteiger partial charge on any atom is -0.392 e. The quantitative estimate of drug-likeness (QED) is 0.243. The number of nitrogens with zero attached hydrogens (tertiary/aromatic N) is 3. The molecule has 10 heteroatoms. The molecule has 1 N–H and O–H groups in total. The summed E-state index contributed by atoms with van der Waals surface area (Å²) in [4.78, 5) is 43.4. The molecule has 8 nitrogen and oxygen atoms in total. The molecular formula is C34H41F2N3O5. The van der Waals surface area contributed by atoms with Gasteiger partial charge in [0.25, 0.3) is 11.8 Å². The third kappa shape index (κ3) is 8.37. The Bertz CT molecular complexity index is 1420. The van der Waals surface area contributed by atoms with E-state index in [0.717, 1.165) is 24.5 Å². The van der Waals surface area contributed by atoms with Gasteiger partial charge in [0.2, 0.25) is 5.76 Å². The van der Waals surface area contributed by atoms with Gasteiger partial charge in [0, 0.05) is 61.8 Å². The fourth-order valence-corrected chi connectivity index (χ4v) is 6.15. The van der Waals surface area contributed by atoms with Gasteiger partial charge in [0.05, 0.1) is 12.3 Å². The Morgan fingerprint density at radius 2 is 1.73 bits per heavy atom. The summed E-state index contributed by atoms with van der Waals surface area (Å²) in [6, 6.07) is 9.74. The smallest absolute Gasteiger partial charge is 0.292 e. The van der Waals surface area contributed by atoms with Gasteiger partial charge >= 0.3 is 0 Å². The topological polar surface area (TPSA) is 104 Å². The molecule has 0 spiro atoms. The van der Waals surface area contributed by atoms with E-state index in [2.05, 4.69) is 5.16 Å². The van der Waals surface area contributed by atoms with Crippen LogP contribution < -0.4 is 0 Å². The molecule has 3 aromatic rings. The molecule has 1 aliphatic rings. The highest BCUT2D eigenvalue weighted by Gasteiger charge is 2.35. The lowest BCUT2D eigenvalue weighted by Crippen LogP contribution is -2.46. The van der Waals surface area contributed by atoms with Crippen LogP contribution in [0.3, 0.4) is 0 Å². The van der Waals surface area contributed by atoms with Crippen molar-refractivity contribution in [3.8, 4) is 0 Å². The summed E-state index contributed by atoms with van der Waals surface area (Å²) < 4.78 is 33.3. The molecule has 3 atom stereocenters. The van der Waals surface area contributed by atoms with Crippen LogP contribution in [0.4, 0.5) is 8.78 Å². The molecule has 1 aromatic heterocycles. The lowest BCUT2D eigenvalue weighted by atomic mass is 9.79. The molecule has 2 heterocycles. The van der Waals surface area contributed by atoms with E-state index in [9.17, 15) is 28.3 Å². The fraction of sp³-hybridized carbons (Fsp3) is 0.471. The van der Waals surface area contributed by atoms with Gasteiger partial charge in [-0.1, -0.05) is 19.0 Å². The van der Waals surface area contributed by atoms with Gasteiger partial charge in [0.1, 0.15) is 11.6 Å². The van der Waals surface area contributed by atoms with Gasteiger partial charge < -0.3 is 19.4 Å². The molecule has 1 fully saturated rings. The summed E-state index contributed by atoms with van der Waals surface area (Å²) >= 11 is 0. The number of aryl methyl sites for hydroxylation is 1. The van der Waals surface area contributed by atoms with Crippen molar-refractivity contribution in [2.24, 2.45) is 11.8 Å². The number of aromatic nitrogens is 1. The number of likely N-dealkylation sites (tertiary alicyclic amines) is 1. The fourth-order valence-electron chi connectivity index (χ4n) is 6.15. The number of hydrogen-bond donors (Lipinski definition) is 1. The predicted octanol–water partition coefficient (Wildman–Crippen LogP) is 5.87. The van der Waals surface area contributed by atoms with Crippen molar-refractivity contribution in [1.82, 2.24) is 15.0 Å². The number of ketones is 1. The highest BCUT2D eigenvalue weighted by atomic mass is 19.1. The van der Waals surface area contributed by atoms with Crippen molar-refractivity contribution in [2.75, 3.05) is 26.2 Å². The van der Waals surface area contributed by atoms with E-state index in [-0.39, 0.29) is 48.7 Å². The Balaban J connectivity index is 1.59. The second-order valence-corrected chi connectivity index (χ2v) is 11.8. The Labute approximate surface area is 257 Å². The van der Waals surface area contributed by atoms with Crippen molar-refractivity contribution in [3.05, 3.63) is 88.3 Å². The van der Waals surface area contributed by atoms with Crippen LogP contribution in [0.1, 0.15) is 88.3 Å². The van der Waals surface area contributed by atoms with Crippen LogP contribution in [0.15, 0.2) is 53.2 Å². The van der Waals surface area contributed by atoms with Crippen LogP contribution in [-0.2, 0) is 6.42 Å². The molecule has 0 saturated carbocycles. The molecule has 1 saturated heterocycles. The number of aliphatic hydroxyl groups is 1. The molecule has 2 amide bonds. The van der Waals surface area contributed by atoms with Gasteiger partial charge in [-0.2, -0.15) is 0 Å². The lowest BCUT2D eigenvalue weighted by molar-refractivity contribution is 0.00897. The second-order valence-electron chi connectivity index (χ2n) is 11.8. The number of halogens is 2. The third-order valence-electron chi connectivity index (χ3n) is 8.15. The summed E-state index contributed by atoms with van der Waals surface area (Å²) in [5.41, 5.74) is 1.84. The number of amides is 2. The van der Waals surface area contributed by atoms with Crippen LogP contribution in [0.5, 0.6) is 0 Å². The van der Waals surface area contributed by atoms with Crippen LogP contribution in [0, 0.1) is 30.4 Å². The van der Waals surface area contributed by atoms with Crippen LogP contribution in [0.25, 0.3) is 0 Å². The summed E-state index contributed by atoms with van der Waals surface area (Å²) in [5.74, 6) is -3.23. The first-order valence-electron chi connectivity index (χ1n) is 15.4. The Kier molecular flexibility index (Phi) is 11.4. The van der Waals surface area contributed by atoms with Crippen LogP contribution >= 0.6 is 0 Å². The summed E-state index contributed by atoms with van der Waals surface area (Å²) in [5, 5.41) is 15.3. The van der Waals surface area contributed by atoms with E-state index in [0.29, 0.717) is 49.2 Å². The van der Waals surface area contributed by atoms with E-state index in [4.69, 9.17) is 4.52 Å². The highest BCUT2D eigenvalue weighted by Crippen LogP contribution is 2.30. The van der Waals surface area contributed by atoms with Gasteiger partial charge in [-0.15, -0.1) is 0 Å². The molecular weight excluding hydrogens is 568 g/mol. The van der Waals surface area contributed by atoms with Crippen molar-refractivity contribution in [1.29, 1.82) is 0 Å². The molecule has 0 radical (unpaired) electrons. The molecule has 236 valence electrons. The van der Waals surface area contributed by atoms with Crippen LogP contribution in [0.2, 0.25) is 0 Å².